The Hall–Kier alpha value is -2.40. The van der Waals surface area contributed by atoms with Crippen molar-refractivity contribution in [3.8, 4) is 11.3 Å². The molecule has 24 heavy (non-hydrogen) atoms. The van der Waals surface area contributed by atoms with Gasteiger partial charge in [0.15, 0.2) is 6.29 Å². The van der Waals surface area contributed by atoms with Gasteiger partial charge in [-0.3, -0.25) is 14.0 Å². The zero-order chi connectivity index (χ0) is 17.1. The summed E-state index contributed by atoms with van der Waals surface area (Å²) in [4.78, 5) is 28.2. The van der Waals surface area contributed by atoms with E-state index in [4.69, 9.17) is 11.6 Å². The maximum absolute atomic E-state index is 12.3. The summed E-state index contributed by atoms with van der Waals surface area (Å²) < 4.78 is 3.30. The van der Waals surface area contributed by atoms with Crippen molar-refractivity contribution in [3.63, 3.8) is 0 Å². The average molecular weight is 344 g/mol. The third kappa shape index (κ3) is 3.12. The molecule has 0 N–H and O–H groups in total. The summed E-state index contributed by atoms with van der Waals surface area (Å²) >= 11 is 5.92. The Bertz CT molecular complexity index is 926. The number of hydrogen-bond donors (Lipinski definition) is 0. The van der Waals surface area contributed by atoms with E-state index in [1.54, 1.807) is 18.3 Å². The zero-order valence-corrected chi connectivity index (χ0v) is 14.2. The number of fused-ring (bicyclic) bond motifs is 1. The van der Waals surface area contributed by atoms with Gasteiger partial charge in [-0.15, -0.1) is 0 Å². The molecule has 0 spiro atoms. The Balaban J connectivity index is 2.14. The molecule has 2 heterocycles. The van der Waals surface area contributed by atoms with Crippen LogP contribution in [0.1, 0.15) is 36.7 Å². The molecule has 3 aromatic rings. The van der Waals surface area contributed by atoms with Crippen molar-refractivity contribution in [2.24, 2.45) is 0 Å². The minimum Gasteiger partial charge on any atom is -0.308 e. The van der Waals surface area contributed by atoms with Crippen LogP contribution in [0.25, 0.3) is 17.0 Å². The molecular formula is C18H18ClN3O2. The molecule has 3 rings (SSSR count). The Morgan fingerprint density at radius 1 is 1.21 bits per heavy atom. The first-order chi connectivity index (χ1) is 11.6. The van der Waals surface area contributed by atoms with E-state index < -0.39 is 0 Å². The molecule has 0 saturated heterocycles. The lowest BCUT2D eigenvalue weighted by Gasteiger charge is -2.10. The maximum Gasteiger partial charge on any atom is 0.259 e. The summed E-state index contributed by atoms with van der Waals surface area (Å²) in [5.74, 6) is 0.491. The first kappa shape index (κ1) is 16.5. The summed E-state index contributed by atoms with van der Waals surface area (Å²) in [7, 11) is 0. The molecule has 0 saturated carbocycles. The molecule has 0 radical (unpaired) electrons. The molecule has 0 unspecified atom stereocenters. The van der Waals surface area contributed by atoms with Crippen LogP contribution in [-0.4, -0.2) is 20.2 Å². The summed E-state index contributed by atoms with van der Waals surface area (Å²) in [6.45, 7) is 2.78. The molecule has 2 aromatic heterocycles. The van der Waals surface area contributed by atoms with E-state index in [2.05, 4.69) is 11.9 Å². The van der Waals surface area contributed by atoms with Crippen LogP contribution >= 0.6 is 11.6 Å². The lowest BCUT2D eigenvalue weighted by molar-refractivity contribution is 0.111. The molecule has 6 heteroatoms. The summed E-state index contributed by atoms with van der Waals surface area (Å²) in [6, 6.07) is 8.64. The standard InChI is InChI=1S/C18H18ClN3O2/c1-2-3-4-9-21-15(12-23)10-17(24)22-11-16(20-18(21)22)13-5-7-14(19)8-6-13/h5-8,10-12H,2-4,9H2,1H3. The monoisotopic (exact) mass is 343 g/mol. The summed E-state index contributed by atoms with van der Waals surface area (Å²) in [5, 5.41) is 0.643. The quantitative estimate of drug-likeness (QED) is 0.505. The smallest absolute Gasteiger partial charge is 0.259 e. The predicted molar refractivity (Wildman–Crippen MR) is 94.8 cm³/mol. The van der Waals surface area contributed by atoms with Crippen molar-refractivity contribution >= 4 is 23.7 Å². The fourth-order valence-electron chi connectivity index (χ4n) is 2.72. The number of aldehydes is 1. The van der Waals surface area contributed by atoms with Crippen molar-refractivity contribution in [2.75, 3.05) is 0 Å². The number of carbonyl (C=O) groups excluding carboxylic acids is 1. The van der Waals surface area contributed by atoms with Gasteiger partial charge in [0.2, 0.25) is 5.78 Å². The second kappa shape index (κ2) is 7.01. The first-order valence-electron chi connectivity index (χ1n) is 7.98. The molecule has 0 fully saturated rings. The zero-order valence-electron chi connectivity index (χ0n) is 13.4. The second-order valence-electron chi connectivity index (χ2n) is 5.69. The van der Waals surface area contributed by atoms with Gasteiger partial charge in [-0.25, -0.2) is 4.98 Å². The van der Waals surface area contributed by atoms with Gasteiger partial charge in [-0.2, -0.15) is 0 Å². The number of unbranched alkanes of at least 4 members (excludes halogenated alkanes) is 2. The van der Waals surface area contributed by atoms with E-state index in [0.717, 1.165) is 24.8 Å². The topological polar surface area (TPSA) is 56.4 Å². The van der Waals surface area contributed by atoms with Crippen molar-refractivity contribution in [1.82, 2.24) is 14.0 Å². The number of rotatable bonds is 6. The normalized spacial score (nSPS) is 11.1. The number of aromatic nitrogens is 3. The van der Waals surface area contributed by atoms with E-state index in [1.165, 1.54) is 10.5 Å². The molecule has 0 aliphatic rings. The van der Waals surface area contributed by atoms with Crippen LogP contribution in [0.15, 0.2) is 41.3 Å². The van der Waals surface area contributed by atoms with E-state index in [0.29, 0.717) is 35.0 Å². The van der Waals surface area contributed by atoms with Crippen LogP contribution in [0, 0.1) is 0 Å². The molecule has 0 bridgehead atoms. The molecule has 124 valence electrons. The number of hydrogen-bond acceptors (Lipinski definition) is 3. The Morgan fingerprint density at radius 2 is 1.96 bits per heavy atom. The Kier molecular flexibility index (Phi) is 4.81. The number of imidazole rings is 1. The highest BCUT2D eigenvalue weighted by atomic mass is 35.5. The van der Waals surface area contributed by atoms with Crippen molar-refractivity contribution < 1.29 is 4.79 Å². The highest BCUT2D eigenvalue weighted by Gasteiger charge is 2.13. The predicted octanol–water partition coefficient (Wildman–Crippen LogP) is 3.82. The van der Waals surface area contributed by atoms with Gasteiger partial charge < -0.3 is 4.57 Å². The minimum atomic E-state index is -0.258. The van der Waals surface area contributed by atoms with Crippen LogP contribution in [0.2, 0.25) is 5.02 Å². The maximum atomic E-state index is 12.3. The second-order valence-corrected chi connectivity index (χ2v) is 6.12. The number of halogens is 1. The van der Waals surface area contributed by atoms with Gasteiger partial charge in [-0.1, -0.05) is 43.5 Å². The van der Waals surface area contributed by atoms with Gasteiger partial charge >= 0.3 is 0 Å². The van der Waals surface area contributed by atoms with Gasteiger partial charge in [0.25, 0.3) is 5.56 Å². The van der Waals surface area contributed by atoms with E-state index in [-0.39, 0.29) is 5.56 Å². The molecule has 0 aliphatic heterocycles. The Labute approximate surface area is 144 Å². The van der Waals surface area contributed by atoms with Gasteiger partial charge in [0.05, 0.1) is 11.4 Å². The third-order valence-corrected chi connectivity index (χ3v) is 4.25. The highest BCUT2D eigenvalue weighted by Crippen LogP contribution is 2.21. The first-order valence-corrected chi connectivity index (χ1v) is 8.36. The Morgan fingerprint density at radius 3 is 2.62 bits per heavy atom. The van der Waals surface area contributed by atoms with Gasteiger partial charge in [-0.05, 0) is 18.6 Å². The number of aryl methyl sites for hydroxylation is 1. The summed E-state index contributed by atoms with van der Waals surface area (Å²) in [5.41, 5.74) is 1.65. The van der Waals surface area contributed by atoms with Crippen LogP contribution in [0.3, 0.4) is 0 Å². The number of carbonyl (C=O) groups is 1. The lowest BCUT2D eigenvalue weighted by Crippen LogP contribution is -2.20. The molecular weight excluding hydrogens is 326 g/mol. The highest BCUT2D eigenvalue weighted by molar-refractivity contribution is 6.30. The van der Waals surface area contributed by atoms with Crippen LogP contribution in [-0.2, 0) is 6.54 Å². The van der Waals surface area contributed by atoms with Crippen LogP contribution < -0.4 is 5.56 Å². The van der Waals surface area contributed by atoms with E-state index >= 15 is 0 Å². The van der Waals surface area contributed by atoms with Crippen LogP contribution in [0.5, 0.6) is 0 Å². The largest absolute Gasteiger partial charge is 0.308 e. The molecule has 0 atom stereocenters. The molecule has 5 nitrogen and oxygen atoms in total. The van der Waals surface area contributed by atoms with Crippen molar-refractivity contribution in [2.45, 2.75) is 32.7 Å². The van der Waals surface area contributed by atoms with Crippen molar-refractivity contribution in [1.29, 1.82) is 0 Å². The van der Waals surface area contributed by atoms with Gasteiger partial charge in [0.1, 0.15) is 0 Å². The minimum absolute atomic E-state index is 0.258. The van der Waals surface area contributed by atoms with Crippen LogP contribution in [0.4, 0.5) is 0 Å². The fourth-order valence-corrected chi connectivity index (χ4v) is 2.84. The molecule has 1 aromatic carbocycles. The average Bonchev–Trinajstić information content (AvgIpc) is 3.03. The van der Waals surface area contributed by atoms with E-state index in [9.17, 15) is 9.59 Å². The number of nitrogens with zero attached hydrogens (tertiary/aromatic N) is 3. The van der Waals surface area contributed by atoms with Crippen molar-refractivity contribution in [3.05, 3.63) is 57.6 Å². The van der Waals surface area contributed by atoms with E-state index in [1.807, 2.05) is 16.7 Å². The summed E-state index contributed by atoms with van der Waals surface area (Å²) in [6.07, 6.45) is 5.48. The third-order valence-electron chi connectivity index (χ3n) is 4.00. The molecule has 0 aliphatic carbocycles. The number of benzene rings is 1. The van der Waals surface area contributed by atoms with Gasteiger partial charge in [0, 0.05) is 29.4 Å². The molecule has 0 amide bonds. The lowest BCUT2D eigenvalue weighted by atomic mass is 10.2. The SMILES string of the molecule is CCCCCn1c(C=O)cc(=O)n2cc(-c3ccc(Cl)cc3)nc12. The fraction of sp³-hybridized carbons (Fsp3) is 0.278.